The molecule has 1 saturated heterocycles. The molecule has 4 nitrogen and oxygen atoms in total. The maximum Gasteiger partial charge on any atom is 0.253 e. The lowest BCUT2D eigenvalue weighted by molar-refractivity contribution is -0.117. The van der Waals surface area contributed by atoms with Gasteiger partial charge in [-0.2, -0.15) is 0 Å². The average Bonchev–Trinajstić information content (AvgIpc) is 2.79. The van der Waals surface area contributed by atoms with Crippen LogP contribution in [0.3, 0.4) is 0 Å². The Balaban J connectivity index is 2.31. The van der Waals surface area contributed by atoms with Gasteiger partial charge in [-0.25, -0.2) is 0 Å². The Hall–Kier alpha value is -2.28. The van der Waals surface area contributed by atoms with Gasteiger partial charge in [0.1, 0.15) is 0 Å². The number of hydrogen-bond acceptors (Lipinski definition) is 2. The highest BCUT2D eigenvalue weighted by Gasteiger charge is 2.31. The zero-order chi connectivity index (χ0) is 14.7. The number of hydrogen-bond donors (Lipinski definition) is 1. The molecule has 1 unspecified atom stereocenters. The van der Waals surface area contributed by atoms with Gasteiger partial charge >= 0.3 is 0 Å². The molecular weight excluding hydrogens is 252 g/mol. The molecule has 4 heteroatoms. The van der Waals surface area contributed by atoms with Crippen molar-refractivity contribution in [1.29, 1.82) is 0 Å². The molecule has 0 radical (unpaired) electrons. The Bertz CT molecular complexity index is 572. The van der Waals surface area contributed by atoms with Crippen LogP contribution in [0.4, 0.5) is 5.69 Å². The van der Waals surface area contributed by atoms with E-state index < -0.39 is 0 Å². The van der Waals surface area contributed by atoms with Crippen molar-refractivity contribution in [2.24, 2.45) is 5.92 Å². The summed E-state index contributed by atoms with van der Waals surface area (Å²) in [5.41, 5.74) is 1.14. The molecule has 0 saturated carbocycles. The number of nitrogens with zero attached hydrogens (tertiary/aromatic N) is 1. The maximum atomic E-state index is 12.2. The molecule has 1 heterocycles. The molecule has 1 aromatic carbocycles. The Morgan fingerprint density at radius 3 is 2.75 bits per heavy atom. The predicted octanol–water partition coefficient (Wildman–Crippen LogP) is 1.81. The van der Waals surface area contributed by atoms with Crippen molar-refractivity contribution in [2.45, 2.75) is 26.3 Å². The quantitative estimate of drug-likeness (QED) is 0.852. The van der Waals surface area contributed by atoms with Gasteiger partial charge in [0.2, 0.25) is 5.91 Å². The van der Waals surface area contributed by atoms with Crippen molar-refractivity contribution in [3.8, 4) is 12.3 Å². The van der Waals surface area contributed by atoms with Crippen LogP contribution < -0.4 is 10.2 Å². The molecule has 1 N–H and O–H groups in total. The van der Waals surface area contributed by atoms with E-state index in [4.69, 9.17) is 6.42 Å². The fourth-order valence-electron chi connectivity index (χ4n) is 2.29. The smallest absolute Gasteiger partial charge is 0.253 e. The van der Waals surface area contributed by atoms with E-state index >= 15 is 0 Å². The summed E-state index contributed by atoms with van der Waals surface area (Å²) >= 11 is 0. The van der Waals surface area contributed by atoms with E-state index in [-0.39, 0.29) is 23.8 Å². The molecule has 1 aliphatic rings. The Kier molecular flexibility index (Phi) is 4.09. The third-order valence-corrected chi connectivity index (χ3v) is 3.22. The van der Waals surface area contributed by atoms with Crippen molar-refractivity contribution >= 4 is 17.5 Å². The summed E-state index contributed by atoms with van der Waals surface area (Å²) in [6.45, 7) is 4.27. The molecule has 1 fully saturated rings. The van der Waals surface area contributed by atoms with Crippen LogP contribution in [0, 0.1) is 18.3 Å². The molecule has 104 valence electrons. The van der Waals surface area contributed by atoms with Gasteiger partial charge in [0, 0.05) is 24.9 Å². The van der Waals surface area contributed by atoms with Gasteiger partial charge in [-0.3, -0.25) is 9.59 Å². The summed E-state index contributed by atoms with van der Waals surface area (Å²) in [4.78, 5) is 25.9. The van der Waals surface area contributed by atoms with Gasteiger partial charge < -0.3 is 10.2 Å². The van der Waals surface area contributed by atoms with Crippen molar-refractivity contribution < 1.29 is 9.59 Å². The first-order valence-corrected chi connectivity index (χ1v) is 6.69. The Morgan fingerprint density at radius 1 is 1.45 bits per heavy atom. The third kappa shape index (κ3) is 2.83. The first-order chi connectivity index (χ1) is 9.52. The highest BCUT2D eigenvalue weighted by atomic mass is 16.2. The van der Waals surface area contributed by atoms with E-state index in [0.717, 1.165) is 0 Å². The summed E-state index contributed by atoms with van der Waals surface area (Å²) in [5.74, 6) is 2.33. The summed E-state index contributed by atoms with van der Waals surface area (Å²) in [6.07, 6.45) is 5.74. The van der Waals surface area contributed by atoms with Crippen molar-refractivity contribution in [3.05, 3.63) is 29.8 Å². The molecule has 20 heavy (non-hydrogen) atoms. The summed E-state index contributed by atoms with van der Waals surface area (Å²) in [5, 5.41) is 2.85. The number of carbonyl (C=O) groups is 2. The van der Waals surface area contributed by atoms with Gasteiger partial charge in [-0.1, -0.05) is 12.1 Å². The summed E-state index contributed by atoms with van der Waals surface area (Å²) < 4.78 is 0. The molecule has 0 spiro atoms. The summed E-state index contributed by atoms with van der Waals surface area (Å²) in [7, 11) is 0. The van der Waals surface area contributed by atoms with Crippen molar-refractivity contribution in [1.82, 2.24) is 5.32 Å². The lowest BCUT2D eigenvalue weighted by Crippen LogP contribution is -2.33. The number of para-hydroxylation sites is 1. The second-order valence-corrected chi connectivity index (χ2v) is 5.22. The fraction of sp³-hybridized carbons (Fsp3) is 0.375. The van der Waals surface area contributed by atoms with Crippen LogP contribution in [-0.4, -0.2) is 24.4 Å². The lowest BCUT2D eigenvalue weighted by Gasteiger charge is -2.20. The van der Waals surface area contributed by atoms with Crippen LogP contribution >= 0.6 is 0 Å². The Morgan fingerprint density at radius 2 is 2.15 bits per heavy atom. The first kappa shape index (κ1) is 14.1. The van der Waals surface area contributed by atoms with Gasteiger partial charge in [0.05, 0.1) is 11.3 Å². The topological polar surface area (TPSA) is 49.4 Å². The number of rotatable bonds is 3. The normalized spacial score (nSPS) is 18.2. The number of benzene rings is 1. The standard InChI is InChI=1S/C16H18N2O2/c1-4-12-9-15(19)18(10-12)14-8-6-5-7-13(14)16(20)17-11(2)3/h1,5-8,11-12H,9-10H2,2-3H3,(H,17,20). The largest absolute Gasteiger partial charge is 0.350 e. The van der Waals surface area contributed by atoms with Crippen LogP contribution in [0.2, 0.25) is 0 Å². The molecule has 1 aromatic rings. The maximum absolute atomic E-state index is 12.2. The average molecular weight is 270 g/mol. The fourth-order valence-corrected chi connectivity index (χ4v) is 2.29. The molecule has 0 aromatic heterocycles. The van der Waals surface area contributed by atoms with Crippen LogP contribution in [-0.2, 0) is 4.79 Å². The van der Waals surface area contributed by atoms with Gasteiger partial charge in [-0.05, 0) is 26.0 Å². The Labute approximate surface area is 119 Å². The highest BCUT2D eigenvalue weighted by molar-refractivity contribution is 6.05. The SMILES string of the molecule is C#CC1CC(=O)N(c2ccccc2C(=O)NC(C)C)C1. The van der Waals surface area contributed by atoms with Crippen molar-refractivity contribution in [3.63, 3.8) is 0 Å². The minimum absolute atomic E-state index is 0.0299. The van der Waals surface area contributed by atoms with E-state index in [2.05, 4.69) is 11.2 Å². The second-order valence-electron chi connectivity index (χ2n) is 5.22. The van der Waals surface area contributed by atoms with E-state index in [0.29, 0.717) is 24.2 Å². The van der Waals surface area contributed by atoms with E-state index in [1.165, 1.54) is 0 Å². The van der Waals surface area contributed by atoms with Crippen LogP contribution in [0.15, 0.2) is 24.3 Å². The zero-order valence-electron chi connectivity index (χ0n) is 11.7. The van der Waals surface area contributed by atoms with Crippen LogP contribution in [0.1, 0.15) is 30.6 Å². The summed E-state index contributed by atoms with van der Waals surface area (Å²) in [6, 6.07) is 7.16. The predicted molar refractivity (Wildman–Crippen MR) is 78.3 cm³/mol. The molecule has 0 aliphatic carbocycles. The molecule has 0 bridgehead atoms. The molecule has 2 rings (SSSR count). The monoisotopic (exact) mass is 270 g/mol. The molecule has 2 amide bonds. The third-order valence-electron chi connectivity index (χ3n) is 3.22. The van der Waals surface area contributed by atoms with Gasteiger partial charge in [-0.15, -0.1) is 12.3 Å². The van der Waals surface area contributed by atoms with Gasteiger partial charge in [0.25, 0.3) is 5.91 Å². The minimum Gasteiger partial charge on any atom is -0.350 e. The number of nitrogens with one attached hydrogen (secondary N) is 1. The van der Waals surface area contributed by atoms with Crippen LogP contribution in [0.25, 0.3) is 0 Å². The number of terminal acetylenes is 1. The molecule has 1 atom stereocenters. The number of carbonyl (C=O) groups excluding carboxylic acids is 2. The number of amides is 2. The first-order valence-electron chi connectivity index (χ1n) is 6.69. The second kappa shape index (κ2) is 5.79. The lowest BCUT2D eigenvalue weighted by atomic mass is 10.1. The van der Waals surface area contributed by atoms with E-state index in [1.54, 1.807) is 23.1 Å². The zero-order valence-corrected chi connectivity index (χ0v) is 11.7. The highest BCUT2D eigenvalue weighted by Crippen LogP contribution is 2.27. The van der Waals surface area contributed by atoms with E-state index in [1.807, 2.05) is 19.9 Å². The van der Waals surface area contributed by atoms with Crippen molar-refractivity contribution in [2.75, 3.05) is 11.4 Å². The van der Waals surface area contributed by atoms with E-state index in [9.17, 15) is 9.59 Å². The van der Waals surface area contributed by atoms with Crippen LogP contribution in [0.5, 0.6) is 0 Å². The molecule has 1 aliphatic heterocycles. The molecular formula is C16H18N2O2. The van der Waals surface area contributed by atoms with Gasteiger partial charge in [0.15, 0.2) is 0 Å². The number of anilines is 1. The minimum atomic E-state index is -0.174.